The number of para-hydroxylation sites is 3. The molecule has 3 rings (SSSR count). The van der Waals surface area contributed by atoms with Crippen LogP contribution in [0.4, 0.5) is 4.39 Å². The van der Waals surface area contributed by atoms with Crippen LogP contribution in [0.3, 0.4) is 0 Å². The SMILES string of the molecule is CC(Oc1ccccc1F)C(=O)NNC(=O)Cn1c(=O)oc2ccccc21. The van der Waals surface area contributed by atoms with Crippen molar-refractivity contribution in [3.63, 3.8) is 0 Å². The van der Waals surface area contributed by atoms with E-state index in [0.717, 1.165) is 4.57 Å². The van der Waals surface area contributed by atoms with Crippen LogP contribution in [-0.4, -0.2) is 22.5 Å². The highest BCUT2D eigenvalue weighted by atomic mass is 19.1. The fourth-order valence-electron chi connectivity index (χ4n) is 2.36. The first-order valence-corrected chi connectivity index (χ1v) is 8.04. The average molecular weight is 373 g/mol. The van der Waals surface area contributed by atoms with Gasteiger partial charge in [0, 0.05) is 0 Å². The maximum absolute atomic E-state index is 13.5. The van der Waals surface area contributed by atoms with E-state index in [9.17, 15) is 18.8 Å². The smallest absolute Gasteiger partial charge is 0.420 e. The highest BCUT2D eigenvalue weighted by Gasteiger charge is 2.18. The number of oxazole rings is 1. The predicted molar refractivity (Wildman–Crippen MR) is 93.2 cm³/mol. The Morgan fingerprint density at radius 1 is 1.15 bits per heavy atom. The van der Waals surface area contributed by atoms with E-state index in [1.807, 2.05) is 0 Å². The quantitative estimate of drug-likeness (QED) is 0.657. The van der Waals surface area contributed by atoms with E-state index in [1.165, 1.54) is 25.1 Å². The molecule has 0 bridgehead atoms. The minimum absolute atomic E-state index is 0.0807. The molecule has 27 heavy (non-hydrogen) atoms. The summed E-state index contributed by atoms with van der Waals surface area (Å²) in [5.74, 6) is -2.70. The van der Waals surface area contributed by atoms with Gasteiger partial charge in [-0.25, -0.2) is 9.18 Å². The summed E-state index contributed by atoms with van der Waals surface area (Å²) in [5.41, 5.74) is 5.16. The van der Waals surface area contributed by atoms with Crippen molar-refractivity contribution in [1.82, 2.24) is 15.4 Å². The van der Waals surface area contributed by atoms with Crippen molar-refractivity contribution in [3.8, 4) is 5.75 Å². The van der Waals surface area contributed by atoms with Crippen LogP contribution in [0.15, 0.2) is 57.7 Å². The second-order valence-electron chi connectivity index (χ2n) is 5.65. The van der Waals surface area contributed by atoms with E-state index in [0.29, 0.717) is 11.1 Å². The zero-order valence-electron chi connectivity index (χ0n) is 14.3. The van der Waals surface area contributed by atoms with Gasteiger partial charge in [-0.3, -0.25) is 25.0 Å². The van der Waals surface area contributed by atoms with Gasteiger partial charge in [0.1, 0.15) is 6.54 Å². The number of halogens is 1. The highest BCUT2D eigenvalue weighted by Crippen LogP contribution is 2.17. The van der Waals surface area contributed by atoms with Gasteiger partial charge >= 0.3 is 5.76 Å². The second kappa shape index (κ2) is 7.73. The van der Waals surface area contributed by atoms with Crippen LogP contribution in [0, 0.1) is 5.82 Å². The van der Waals surface area contributed by atoms with E-state index in [2.05, 4.69) is 10.9 Å². The molecule has 0 saturated heterocycles. The Balaban J connectivity index is 1.57. The third-order valence-electron chi connectivity index (χ3n) is 3.71. The molecule has 2 aromatic carbocycles. The summed E-state index contributed by atoms with van der Waals surface area (Å²) in [6.07, 6.45) is -1.06. The average Bonchev–Trinajstić information content (AvgIpc) is 2.97. The van der Waals surface area contributed by atoms with Gasteiger partial charge in [0.05, 0.1) is 5.52 Å². The fraction of sp³-hybridized carbons (Fsp3) is 0.167. The lowest BCUT2D eigenvalue weighted by molar-refractivity contribution is -0.133. The van der Waals surface area contributed by atoms with Gasteiger partial charge in [-0.05, 0) is 31.2 Å². The summed E-state index contributed by atoms with van der Waals surface area (Å²) in [7, 11) is 0. The van der Waals surface area contributed by atoms with Crippen molar-refractivity contribution in [3.05, 3.63) is 64.9 Å². The standard InChI is InChI=1S/C18H16FN3O5/c1-11(26-14-8-4-2-6-12(14)19)17(24)21-20-16(23)10-22-13-7-3-5-9-15(13)27-18(22)25/h2-9,11H,10H2,1H3,(H,20,23)(H,21,24). The monoisotopic (exact) mass is 373 g/mol. The van der Waals surface area contributed by atoms with Crippen LogP contribution in [-0.2, 0) is 16.1 Å². The van der Waals surface area contributed by atoms with Crippen molar-refractivity contribution >= 4 is 22.9 Å². The first-order chi connectivity index (χ1) is 13.0. The number of amides is 2. The van der Waals surface area contributed by atoms with Crippen molar-refractivity contribution < 1.29 is 23.1 Å². The van der Waals surface area contributed by atoms with Crippen LogP contribution in [0.5, 0.6) is 5.75 Å². The van der Waals surface area contributed by atoms with E-state index in [1.54, 1.807) is 30.3 Å². The molecule has 8 nitrogen and oxygen atoms in total. The summed E-state index contributed by atoms with van der Waals surface area (Å²) in [5, 5.41) is 0. The van der Waals surface area contributed by atoms with Crippen LogP contribution in [0.2, 0.25) is 0 Å². The fourth-order valence-corrected chi connectivity index (χ4v) is 2.36. The van der Waals surface area contributed by atoms with Crippen LogP contribution in [0.25, 0.3) is 11.1 Å². The second-order valence-corrected chi connectivity index (χ2v) is 5.65. The largest absolute Gasteiger partial charge is 0.478 e. The molecule has 9 heteroatoms. The van der Waals surface area contributed by atoms with Gasteiger partial charge in [0.2, 0.25) is 0 Å². The lowest BCUT2D eigenvalue weighted by Crippen LogP contribution is -2.48. The number of rotatable bonds is 5. The number of carbonyl (C=O) groups excluding carboxylic acids is 2. The number of hydrazine groups is 1. The zero-order valence-corrected chi connectivity index (χ0v) is 14.3. The Labute approximate surface area is 152 Å². The molecule has 0 aliphatic heterocycles. The Kier molecular flexibility index (Phi) is 5.20. The molecule has 140 valence electrons. The van der Waals surface area contributed by atoms with Gasteiger partial charge in [-0.2, -0.15) is 0 Å². The van der Waals surface area contributed by atoms with Crippen LogP contribution >= 0.6 is 0 Å². The number of ether oxygens (including phenoxy) is 1. The Morgan fingerprint density at radius 3 is 2.63 bits per heavy atom. The van der Waals surface area contributed by atoms with Crippen molar-refractivity contribution in [2.24, 2.45) is 0 Å². The minimum Gasteiger partial charge on any atom is -0.478 e. The molecule has 0 aliphatic rings. The Morgan fingerprint density at radius 2 is 1.85 bits per heavy atom. The minimum atomic E-state index is -1.06. The van der Waals surface area contributed by atoms with E-state index in [4.69, 9.17) is 9.15 Å². The number of aromatic nitrogens is 1. The van der Waals surface area contributed by atoms with Crippen LogP contribution < -0.4 is 21.3 Å². The van der Waals surface area contributed by atoms with Gasteiger partial charge in [0.15, 0.2) is 23.3 Å². The van der Waals surface area contributed by atoms with Crippen LogP contribution in [0.1, 0.15) is 6.92 Å². The molecule has 0 fully saturated rings. The number of nitrogens with zero attached hydrogens (tertiary/aromatic N) is 1. The lowest BCUT2D eigenvalue weighted by Gasteiger charge is -2.15. The number of nitrogens with one attached hydrogen (secondary N) is 2. The summed E-state index contributed by atoms with van der Waals surface area (Å²) in [6, 6.07) is 12.3. The molecule has 3 aromatic rings. The third kappa shape index (κ3) is 4.14. The molecule has 1 atom stereocenters. The molecule has 1 unspecified atom stereocenters. The Bertz CT molecular complexity index is 1040. The summed E-state index contributed by atoms with van der Waals surface area (Å²) >= 11 is 0. The van der Waals surface area contributed by atoms with E-state index in [-0.39, 0.29) is 12.3 Å². The van der Waals surface area contributed by atoms with Crippen molar-refractivity contribution in [2.75, 3.05) is 0 Å². The molecule has 2 amide bonds. The maximum atomic E-state index is 13.5. The van der Waals surface area contributed by atoms with E-state index >= 15 is 0 Å². The molecular formula is C18H16FN3O5. The molecular weight excluding hydrogens is 357 g/mol. The highest BCUT2D eigenvalue weighted by molar-refractivity contribution is 5.85. The summed E-state index contributed by atoms with van der Waals surface area (Å²) in [4.78, 5) is 35.8. The van der Waals surface area contributed by atoms with Gasteiger partial charge in [0.25, 0.3) is 11.8 Å². The topological polar surface area (TPSA) is 103 Å². The molecule has 0 saturated carbocycles. The van der Waals surface area contributed by atoms with Gasteiger partial charge in [-0.15, -0.1) is 0 Å². The summed E-state index contributed by atoms with van der Waals surface area (Å²) < 4.78 is 24.9. The number of hydrogen-bond donors (Lipinski definition) is 2. The van der Waals surface area contributed by atoms with Gasteiger partial charge in [-0.1, -0.05) is 24.3 Å². The maximum Gasteiger partial charge on any atom is 0.420 e. The molecule has 1 aromatic heterocycles. The van der Waals surface area contributed by atoms with Crippen molar-refractivity contribution in [1.29, 1.82) is 0 Å². The first kappa shape index (κ1) is 18.2. The molecule has 1 heterocycles. The van der Waals surface area contributed by atoms with Crippen molar-refractivity contribution in [2.45, 2.75) is 19.6 Å². The first-order valence-electron chi connectivity index (χ1n) is 8.04. The predicted octanol–water partition coefficient (Wildman–Crippen LogP) is 1.35. The molecule has 2 N–H and O–H groups in total. The third-order valence-corrected chi connectivity index (χ3v) is 3.71. The number of fused-ring (bicyclic) bond motifs is 1. The normalized spacial score (nSPS) is 11.8. The lowest BCUT2D eigenvalue weighted by atomic mass is 10.3. The zero-order chi connectivity index (χ0) is 19.4. The molecule has 0 spiro atoms. The number of benzene rings is 2. The van der Waals surface area contributed by atoms with Gasteiger partial charge < -0.3 is 9.15 Å². The molecule has 0 radical (unpaired) electrons. The number of carbonyl (C=O) groups is 2. The number of hydrogen-bond acceptors (Lipinski definition) is 5. The van der Waals surface area contributed by atoms with E-state index < -0.39 is 29.5 Å². The Hall–Kier alpha value is -3.62. The summed E-state index contributed by atoms with van der Waals surface area (Å²) in [6.45, 7) is 1.06. The molecule has 0 aliphatic carbocycles.